The fourth-order valence-electron chi connectivity index (χ4n) is 2.78. The molecule has 0 unspecified atom stereocenters. The van der Waals surface area contributed by atoms with Crippen LogP contribution in [0.4, 0.5) is 0 Å². The lowest BCUT2D eigenvalue weighted by Crippen LogP contribution is -2.37. The molecule has 23 heavy (non-hydrogen) atoms. The predicted molar refractivity (Wildman–Crippen MR) is 85.9 cm³/mol. The van der Waals surface area contributed by atoms with E-state index < -0.39 is 0 Å². The highest BCUT2D eigenvalue weighted by Crippen LogP contribution is 2.22. The van der Waals surface area contributed by atoms with E-state index in [9.17, 15) is 0 Å². The summed E-state index contributed by atoms with van der Waals surface area (Å²) >= 11 is 5.90. The van der Waals surface area contributed by atoms with E-state index >= 15 is 0 Å². The van der Waals surface area contributed by atoms with Crippen molar-refractivity contribution in [1.82, 2.24) is 25.1 Å². The van der Waals surface area contributed by atoms with Gasteiger partial charge in [0, 0.05) is 23.0 Å². The van der Waals surface area contributed by atoms with Gasteiger partial charge in [-0.05, 0) is 30.7 Å². The van der Waals surface area contributed by atoms with E-state index in [1.54, 1.807) is 12.5 Å². The Morgan fingerprint density at radius 1 is 1.26 bits per heavy atom. The quantitative estimate of drug-likeness (QED) is 0.797. The van der Waals surface area contributed by atoms with Gasteiger partial charge in [-0.25, -0.2) is 14.6 Å². The number of aromatic nitrogens is 4. The molecule has 3 aromatic rings. The van der Waals surface area contributed by atoms with Crippen LogP contribution >= 0.6 is 11.6 Å². The van der Waals surface area contributed by atoms with Crippen molar-refractivity contribution in [3.8, 4) is 11.3 Å². The van der Waals surface area contributed by atoms with Crippen molar-refractivity contribution in [2.24, 2.45) is 0 Å². The standard InChI is InChI=1S/C16H16ClN5O/c17-12-3-1-11(2-4-12)14-7-19-16(23-14)8-18-13-5-6-15-20-10-21-22(15)9-13/h1-4,7,10,13,18H,5-6,8-9H2/t13-/m0/s1. The van der Waals surface area contributed by atoms with Gasteiger partial charge in [0.05, 0.1) is 19.3 Å². The smallest absolute Gasteiger partial charge is 0.208 e. The fourth-order valence-corrected chi connectivity index (χ4v) is 2.90. The minimum Gasteiger partial charge on any atom is -0.439 e. The first-order valence-corrected chi connectivity index (χ1v) is 7.96. The van der Waals surface area contributed by atoms with Gasteiger partial charge in [-0.1, -0.05) is 11.6 Å². The largest absolute Gasteiger partial charge is 0.439 e. The van der Waals surface area contributed by atoms with Gasteiger partial charge in [0.1, 0.15) is 12.2 Å². The molecule has 118 valence electrons. The molecule has 3 heterocycles. The van der Waals surface area contributed by atoms with Crippen LogP contribution in [0.2, 0.25) is 5.02 Å². The average molecular weight is 330 g/mol. The molecule has 0 bridgehead atoms. The Bertz CT molecular complexity index is 795. The highest BCUT2D eigenvalue weighted by Gasteiger charge is 2.19. The van der Waals surface area contributed by atoms with Crippen molar-refractivity contribution in [3.63, 3.8) is 0 Å². The predicted octanol–water partition coefficient (Wildman–Crippen LogP) is 2.69. The van der Waals surface area contributed by atoms with E-state index in [0.29, 0.717) is 23.5 Å². The minimum atomic E-state index is 0.357. The molecule has 0 aliphatic carbocycles. The lowest BCUT2D eigenvalue weighted by Gasteiger charge is -2.22. The molecule has 1 aliphatic heterocycles. The van der Waals surface area contributed by atoms with Crippen LogP contribution in [0.1, 0.15) is 18.1 Å². The lowest BCUT2D eigenvalue weighted by atomic mass is 10.1. The summed E-state index contributed by atoms with van der Waals surface area (Å²) < 4.78 is 7.76. The Balaban J connectivity index is 1.38. The molecule has 0 radical (unpaired) electrons. The maximum atomic E-state index is 5.90. The molecule has 0 saturated carbocycles. The highest BCUT2D eigenvalue weighted by molar-refractivity contribution is 6.30. The molecule has 1 aliphatic rings. The molecular weight excluding hydrogens is 314 g/mol. The summed E-state index contributed by atoms with van der Waals surface area (Å²) in [5.41, 5.74) is 0.970. The van der Waals surface area contributed by atoms with Crippen molar-refractivity contribution >= 4 is 11.6 Å². The first-order valence-electron chi connectivity index (χ1n) is 7.58. The van der Waals surface area contributed by atoms with E-state index in [1.165, 1.54) is 0 Å². The second kappa shape index (κ2) is 6.14. The molecule has 0 amide bonds. The van der Waals surface area contributed by atoms with Crippen LogP contribution in [0.15, 0.2) is 41.2 Å². The SMILES string of the molecule is Clc1ccc(-c2cnc(CN[C@H]3CCc4ncnn4C3)o2)cc1. The van der Waals surface area contributed by atoms with Crippen LogP contribution in [0.25, 0.3) is 11.3 Å². The lowest BCUT2D eigenvalue weighted by molar-refractivity contribution is 0.342. The zero-order chi connectivity index (χ0) is 15.6. The summed E-state index contributed by atoms with van der Waals surface area (Å²) in [7, 11) is 0. The number of rotatable bonds is 4. The van der Waals surface area contributed by atoms with E-state index in [1.807, 2.05) is 28.9 Å². The van der Waals surface area contributed by atoms with Crippen molar-refractivity contribution in [2.75, 3.05) is 0 Å². The summed E-state index contributed by atoms with van der Waals surface area (Å²) in [6.45, 7) is 1.43. The number of oxazole rings is 1. The minimum absolute atomic E-state index is 0.357. The topological polar surface area (TPSA) is 68.8 Å². The molecule has 2 aromatic heterocycles. The normalized spacial score (nSPS) is 17.2. The van der Waals surface area contributed by atoms with Crippen molar-refractivity contribution in [2.45, 2.75) is 32.0 Å². The zero-order valence-corrected chi connectivity index (χ0v) is 13.2. The first-order chi connectivity index (χ1) is 11.3. The third kappa shape index (κ3) is 3.13. The Kier molecular flexibility index (Phi) is 3.85. The molecule has 1 N–H and O–H groups in total. The molecule has 4 rings (SSSR count). The monoisotopic (exact) mass is 329 g/mol. The molecule has 0 saturated heterocycles. The van der Waals surface area contributed by atoms with Crippen LogP contribution in [-0.2, 0) is 19.5 Å². The number of hydrogen-bond acceptors (Lipinski definition) is 5. The summed E-state index contributed by atoms with van der Waals surface area (Å²) in [6, 6.07) is 7.89. The maximum Gasteiger partial charge on any atom is 0.208 e. The van der Waals surface area contributed by atoms with Gasteiger partial charge >= 0.3 is 0 Å². The van der Waals surface area contributed by atoms with Crippen LogP contribution in [-0.4, -0.2) is 25.8 Å². The van der Waals surface area contributed by atoms with Gasteiger partial charge in [0.2, 0.25) is 5.89 Å². The Morgan fingerprint density at radius 3 is 3.00 bits per heavy atom. The number of fused-ring (bicyclic) bond motifs is 1. The summed E-state index contributed by atoms with van der Waals surface area (Å²) in [6.07, 6.45) is 5.35. The van der Waals surface area contributed by atoms with Crippen LogP contribution in [0.5, 0.6) is 0 Å². The van der Waals surface area contributed by atoms with E-state index in [2.05, 4.69) is 20.4 Å². The van der Waals surface area contributed by atoms with Crippen molar-refractivity contribution < 1.29 is 4.42 Å². The second-order valence-corrected chi connectivity index (χ2v) is 6.04. The third-order valence-electron chi connectivity index (χ3n) is 4.03. The summed E-state index contributed by atoms with van der Waals surface area (Å²) in [5, 5.41) is 8.41. The van der Waals surface area contributed by atoms with Crippen molar-refractivity contribution in [1.29, 1.82) is 0 Å². The highest BCUT2D eigenvalue weighted by atomic mass is 35.5. The summed E-state index contributed by atoms with van der Waals surface area (Å²) in [4.78, 5) is 8.57. The number of nitrogens with zero attached hydrogens (tertiary/aromatic N) is 4. The van der Waals surface area contributed by atoms with Crippen LogP contribution < -0.4 is 5.32 Å². The molecule has 0 spiro atoms. The molecule has 7 heteroatoms. The van der Waals surface area contributed by atoms with Gasteiger partial charge in [-0.15, -0.1) is 0 Å². The zero-order valence-electron chi connectivity index (χ0n) is 12.4. The molecular formula is C16H16ClN5O. The molecule has 1 aromatic carbocycles. The van der Waals surface area contributed by atoms with E-state index in [-0.39, 0.29) is 0 Å². The number of nitrogens with one attached hydrogen (secondary N) is 1. The second-order valence-electron chi connectivity index (χ2n) is 5.60. The number of halogens is 1. The average Bonchev–Trinajstić information content (AvgIpc) is 3.22. The van der Waals surface area contributed by atoms with Gasteiger partial charge in [0.15, 0.2) is 5.76 Å². The fraction of sp³-hybridized carbons (Fsp3) is 0.312. The number of benzene rings is 1. The van der Waals surface area contributed by atoms with E-state index in [0.717, 1.165) is 36.5 Å². The maximum absolute atomic E-state index is 5.90. The molecule has 1 atom stereocenters. The van der Waals surface area contributed by atoms with Gasteiger partial charge in [-0.3, -0.25) is 0 Å². The van der Waals surface area contributed by atoms with Crippen molar-refractivity contribution in [3.05, 3.63) is 53.5 Å². The third-order valence-corrected chi connectivity index (χ3v) is 4.28. The summed E-state index contributed by atoms with van der Waals surface area (Å²) in [5.74, 6) is 2.49. The van der Waals surface area contributed by atoms with Gasteiger partial charge in [0.25, 0.3) is 0 Å². The van der Waals surface area contributed by atoms with Crippen LogP contribution in [0.3, 0.4) is 0 Å². The Morgan fingerprint density at radius 2 is 2.13 bits per heavy atom. The molecule has 0 fully saturated rings. The first kappa shape index (κ1) is 14.4. The Hall–Kier alpha value is -2.18. The molecule has 6 nitrogen and oxygen atoms in total. The Labute approximate surface area is 138 Å². The number of aryl methyl sites for hydroxylation is 1. The van der Waals surface area contributed by atoms with Gasteiger partial charge in [-0.2, -0.15) is 5.10 Å². The van der Waals surface area contributed by atoms with Crippen LogP contribution in [0, 0.1) is 0 Å². The van der Waals surface area contributed by atoms with Gasteiger partial charge < -0.3 is 9.73 Å². The van der Waals surface area contributed by atoms with E-state index in [4.69, 9.17) is 16.0 Å². The number of hydrogen-bond donors (Lipinski definition) is 1.